The van der Waals surface area contributed by atoms with Crippen LogP contribution in [0.2, 0.25) is 0 Å². The van der Waals surface area contributed by atoms with E-state index in [1.807, 2.05) is 17.2 Å². The number of hydrogen-bond acceptors (Lipinski definition) is 3. The van der Waals surface area contributed by atoms with Gasteiger partial charge in [-0.05, 0) is 56.5 Å². The van der Waals surface area contributed by atoms with Crippen LogP contribution in [0.15, 0.2) is 48.8 Å². The zero-order valence-electron chi connectivity index (χ0n) is 15.5. The highest BCUT2D eigenvalue weighted by Crippen LogP contribution is 2.42. The van der Waals surface area contributed by atoms with Gasteiger partial charge in [-0.3, -0.25) is 14.7 Å². The summed E-state index contributed by atoms with van der Waals surface area (Å²) in [6, 6.07) is 12.8. The summed E-state index contributed by atoms with van der Waals surface area (Å²) in [7, 11) is 0. The van der Waals surface area contributed by atoms with Crippen LogP contribution in [0, 0.1) is 12.3 Å². The Hall–Kier alpha value is -2.20. The molecule has 26 heavy (non-hydrogen) atoms. The third-order valence-corrected chi connectivity index (χ3v) is 6.04. The van der Waals surface area contributed by atoms with Crippen LogP contribution < -0.4 is 0 Å². The second-order valence-electron chi connectivity index (χ2n) is 7.88. The van der Waals surface area contributed by atoms with Crippen molar-refractivity contribution in [2.24, 2.45) is 5.41 Å². The molecule has 1 aromatic heterocycles. The van der Waals surface area contributed by atoms with Crippen LogP contribution in [0.1, 0.15) is 36.0 Å². The number of rotatable bonds is 4. The van der Waals surface area contributed by atoms with E-state index in [9.17, 15) is 4.79 Å². The van der Waals surface area contributed by atoms with Crippen LogP contribution in [0.25, 0.3) is 0 Å². The van der Waals surface area contributed by atoms with Crippen molar-refractivity contribution in [2.45, 2.75) is 39.3 Å². The van der Waals surface area contributed by atoms with Gasteiger partial charge in [0.2, 0.25) is 5.91 Å². The zero-order chi connectivity index (χ0) is 18.0. The topological polar surface area (TPSA) is 36.4 Å². The minimum absolute atomic E-state index is 0.119. The quantitative estimate of drug-likeness (QED) is 0.849. The Balaban J connectivity index is 1.34. The summed E-state index contributed by atoms with van der Waals surface area (Å²) in [6.45, 7) is 6.72. The van der Waals surface area contributed by atoms with E-state index in [-0.39, 0.29) is 5.41 Å². The number of piperidine rings is 1. The average Bonchev–Trinajstić information content (AvgIpc) is 2.96. The van der Waals surface area contributed by atoms with Gasteiger partial charge in [0, 0.05) is 32.0 Å². The number of pyridine rings is 1. The first-order chi connectivity index (χ1) is 12.6. The van der Waals surface area contributed by atoms with Crippen molar-refractivity contribution in [3.05, 3.63) is 65.5 Å². The van der Waals surface area contributed by atoms with E-state index < -0.39 is 0 Å². The molecule has 0 atom stereocenters. The van der Waals surface area contributed by atoms with Crippen molar-refractivity contribution in [3.8, 4) is 0 Å². The standard InChI is InChI=1S/C22H27N3O/c1-18-4-6-19(7-5-18)16-24-12-8-22(9-13-24)10-14-25(21(22)26)17-20-3-2-11-23-15-20/h2-7,11,15H,8-10,12-14,16-17H2,1H3. The summed E-state index contributed by atoms with van der Waals surface area (Å²) in [4.78, 5) is 21.8. The van der Waals surface area contributed by atoms with Gasteiger partial charge < -0.3 is 4.90 Å². The van der Waals surface area contributed by atoms with E-state index >= 15 is 0 Å². The molecule has 0 N–H and O–H groups in total. The van der Waals surface area contributed by atoms with Gasteiger partial charge in [0.05, 0.1) is 5.41 Å². The Morgan fingerprint density at radius 1 is 0.962 bits per heavy atom. The molecule has 4 nitrogen and oxygen atoms in total. The maximum atomic E-state index is 13.1. The first-order valence-electron chi connectivity index (χ1n) is 9.61. The molecule has 4 heteroatoms. The van der Waals surface area contributed by atoms with Crippen molar-refractivity contribution in [1.29, 1.82) is 0 Å². The van der Waals surface area contributed by atoms with E-state index in [1.54, 1.807) is 6.20 Å². The van der Waals surface area contributed by atoms with E-state index in [0.717, 1.165) is 51.0 Å². The molecule has 2 aliphatic rings. The van der Waals surface area contributed by atoms with Crippen LogP contribution in [0.3, 0.4) is 0 Å². The molecule has 0 bridgehead atoms. The first kappa shape index (κ1) is 17.2. The lowest BCUT2D eigenvalue weighted by Gasteiger charge is -2.38. The summed E-state index contributed by atoms with van der Waals surface area (Å²) in [5, 5.41) is 0. The van der Waals surface area contributed by atoms with Crippen LogP contribution in [0.4, 0.5) is 0 Å². The number of nitrogens with zero attached hydrogens (tertiary/aromatic N) is 3. The normalized spacial score (nSPS) is 20.0. The van der Waals surface area contributed by atoms with Crippen molar-refractivity contribution in [2.75, 3.05) is 19.6 Å². The molecule has 2 aliphatic heterocycles. The highest BCUT2D eigenvalue weighted by Gasteiger charge is 2.47. The summed E-state index contributed by atoms with van der Waals surface area (Å²) in [6.07, 6.45) is 6.62. The Morgan fingerprint density at radius 2 is 1.69 bits per heavy atom. The summed E-state index contributed by atoms with van der Waals surface area (Å²) in [5.41, 5.74) is 3.67. The molecule has 136 valence electrons. The molecule has 1 aromatic carbocycles. The fourth-order valence-corrected chi connectivity index (χ4v) is 4.31. The van der Waals surface area contributed by atoms with E-state index in [4.69, 9.17) is 0 Å². The van der Waals surface area contributed by atoms with Gasteiger partial charge in [0.25, 0.3) is 0 Å². The van der Waals surface area contributed by atoms with Crippen molar-refractivity contribution < 1.29 is 4.79 Å². The largest absolute Gasteiger partial charge is 0.338 e. The van der Waals surface area contributed by atoms with Gasteiger partial charge in [-0.2, -0.15) is 0 Å². The third kappa shape index (κ3) is 3.51. The van der Waals surface area contributed by atoms with Crippen molar-refractivity contribution >= 4 is 5.91 Å². The Bertz CT molecular complexity index is 749. The predicted molar refractivity (Wildman–Crippen MR) is 102 cm³/mol. The number of aromatic nitrogens is 1. The molecule has 0 aliphatic carbocycles. The lowest BCUT2D eigenvalue weighted by molar-refractivity contribution is -0.138. The average molecular weight is 349 g/mol. The SMILES string of the molecule is Cc1ccc(CN2CCC3(CC2)CCN(Cc2cccnc2)C3=O)cc1. The minimum atomic E-state index is -0.119. The maximum Gasteiger partial charge on any atom is 0.229 e. The van der Waals surface area contributed by atoms with Crippen molar-refractivity contribution in [1.82, 2.24) is 14.8 Å². The van der Waals surface area contributed by atoms with Crippen LogP contribution in [0.5, 0.6) is 0 Å². The van der Waals surface area contributed by atoms with Gasteiger partial charge in [-0.25, -0.2) is 0 Å². The van der Waals surface area contributed by atoms with Crippen molar-refractivity contribution in [3.63, 3.8) is 0 Å². The highest BCUT2D eigenvalue weighted by molar-refractivity contribution is 5.85. The molecule has 3 heterocycles. The predicted octanol–water partition coefficient (Wildman–Crippen LogP) is 3.40. The summed E-state index contributed by atoms with van der Waals surface area (Å²) in [5.74, 6) is 0.358. The van der Waals surface area contributed by atoms with Crippen LogP contribution in [-0.2, 0) is 17.9 Å². The number of hydrogen-bond donors (Lipinski definition) is 0. The zero-order valence-corrected chi connectivity index (χ0v) is 15.5. The molecule has 2 saturated heterocycles. The van der Waals surface area contributed by atoms with E-state index in [1.165, 1.54) is 11.1 Å². The fourth-order valence-electron chi connectivity index (χ4n) is 4.31. The van der Waals surface area contributed by atoms with Gasteiger partial charge in [0.15, 0.2) is 0 Å². The van der Waals surface area contributed by atoms with Gasteiger partial charge in [-0.1, -0.05) is 35.9 Å². The summed E-state index contributed by atoms with van der Waals surface area (Å²) >= 11 is 0. The lowest BCUT2D eigenvalue weighted by Crippen LogP contribution is -2.44. The molecule has 2 fully saturated rings. The Morgan fingerprint density at radius 3 is 2.38 bits per heavy atom. The second kappa shape index (κ2) is 7.20. The van der Waals surface area contributed by atoms with Gasteiger partial charge in [0.1, 0.15) is 0 Å². The number of benzene rings is 1. The smallest absolute Gasteiger partial charge is 0.229 e. The van der Waals surface area contributed by atoms with Gasteiger partial charge in [-0.15, -0.1) is 0 Å². The first-order valence-corrected chi connectivity index (χ1v) is 9.61. The number of amides is 1. The molecule has 2 aromatic rings. The molecule has 0 saturated carbocycles. The maximum absolute atomic E-state index is 13.1. The number of aryl methyl sites for hydroxylation is 1. The Labute approximate surface area is 155 Å². The minimum Gasteiger partial charge on any atom is -0.338 e. The van der Waals surface area contributed by atoms with Gasteiger partial charge >= 0.3 is 0 Å². The molecule has 4 rings (SSSR count). The molecular weight excluding hydrogens is 322 g/mol. The van der Waals surface area contributed by atoms with E-state index in [0.29, 0.717) is 12.5 Å². The molecule has 0 unspecified atom stereocenters. The van der Waals surface area contributed by atoms with Crippen LogP contribution in [-0.4, -0.2) is 40.3 Å². The molecular formula is C22H27N3O. The summed E-state index contributed by atoms with van der Waals surface area (Å²) < 4.78 is 0. The number of carbonyl (C=O) groups is 1. The fraction of sp³-hybridized carbons (Fsp3) is 0.455. The Kier molecular flexibility index (Phi) is 4.77. The lowest BCUT2D eigenvalue weighted by atomic mass is 9.77. The third-order valence-electron chi connectivity index (χ3n) is 6.04. The number of likely N-dealkylation sites (tertiary alicyclic amines) is 2. The van der Waals surface area contributed by atoms with E-state index in [2.05, 4.69) is 47.1 Å². The molecule has 1 amide bonds. The number of carbonyl (C=O) groups excluding carboxylic acids is 1. The molecule has 0 radical (unpaired) electrons. The monoisotopic (exact) mass is 349 g/mol. The molecule has 1 spiro atoms. The van der Waals surface area contributed by atoms with Crippen LogP contribution >= 0.6 is 0 Å². The highest BCUT2D eigenvalue weighted by atomic mass is 16.2. The second-order valence-corrected chi connectivity index (χ2v) is 7.88.